The maximum Gasteiger partial charge on any atom is 0.115 e. The predicted molar refractivity (Wildman–Crippen MR) is 90.1 cm³/mol. The van der Waals surface area contributed by atoms with Crippen LogP contribution in [0.4, 0.5) is 0 Å². The van der Waals surface area contributed by atoms with Crippen molar-refractivity contribution in [2.24, 2.45) is 5.92 Å². The van der Waals surface area contributed by atoms with E-state index in [1.165, 1.54) is 11.1 Å². The number of hydrogen-bond acceptors (Lipinski definition) is 5. The SMILES string of the molecule is CN1CC[C@]23C[C@H](OCCO)CC(O)C2[C@H]1Cc1ccc(O)cc13. The van der Waals surface area contributed by atoms with Gasteiger partial charge in [0.25, 0.3) is 0 Å². The average Bonchev–Trinajstić information content (AvgIpc) is 2.57. The first-order chi connectivity index (χ1) is 11.5. The van der Waals surface area contributed by atoms with Gasteiger partial charge in [0.2, 0.25) is 0 Å². The van der Waals surface area contributed by atoms with Gasteiger partial charge in [-0.2, -0.15) is 0 Å². The number of hydrogen-bond donors (Lipinski definition) is 3. The fourth-order valence-electron chi connectivity index (χ4n) is 5.60. The molecule has 0 amide bonds. The molecule has 1 aliphatic heterocycles. The molecule has 24 heavy (non-hydrogen) atoms. The number of piperidine rings is 1. The molecule has 2 bridgehead atoms. The smallest absolute Gasteiger partial charge is 0.115 e. The van der Waals surface area contributed by atoms with Crippen LogP contribution in [0.5, 0.6) is 5.75 Å². The Hall–Kier alpha value is -1.14. The Labute approximate surface area is 142 Å². The molecule has 3 aliphatic rings. The van der Waals surface area contributed by atoms with Crippen LogP contribution in [0.15, 0.2) is 18.2 Å². The van der Waals surface area contributed by atoms with Crippen LogP contribution in [0.1, 0.15) is 30.4 Å². The van der Waals surface area contributed by atoms with E-state index in [2.05, 4.69) is 11.9 Å². The van der Waals surface area contributed by atoms with Gasteiger partial charge in [-0.1, -0.05) is 6.07 Å². The summed E-state index contributed by atoms with van der Waals surface area (Å²) < 4.78 is 5.82. The number of likely N-dealkylation sites (N-methyl/N-ethyl adjacent to an activating group) is 1. The number of aliphatic hydroxyl groups excluding tert-OH is 2. The second-order valence-electron chi connectivity index (χ2n) is 7.75. The van der Waals surface area contributed by atoms with E-state index in [0.717, 1.165) is 25.8 Å². The summed E-state index contributed by atoms with van der Waals surface area (Å²) in [6.45, 7) is 1.32. The molecule has 2 fully saturated rings. The van der Waals surface area contributed by atoms with Crippen molar-refractivity contribution in [2.75, 3.05) is 26.8 Å². The number of likely N-dealkylation sites (tertiary alicyclic amines) is 1. The first-order valence-corrected chi connectivity index (χ1v) is 8.98. The largest absolute Gasteiger partial charge is 0.508 e. The Morgan fingerprint density at radius 1 is 1.38 bits per heavy atom. The molecule has 5 atom stereocenters. The Morgan fingerprint density at radius 3 is 3.00 bits per heavy atom. The average molecular weight is 333 g/mol. The van der Waals surface area contributed by atoms with Crippen molar-refractivity contribution in [1.29, 1.82) is 0 Å². The Bertz CT molecular complexity index is 621. The van der Waals surface area contributed by atoms with Crippen molar-refractivity contribution in [3.8, 4) is 5.75 Å². The summed E-state index contributed by atoms with van der Waals surface area (Å²) in [7, 11) is 2.15. The second kappa shape index (κ2) is 5.99. The van der Waals surface area contributed by atoms with Gasteiger partial charge in [0.1, 0.15) is 5.75 Å². The van der Waals surface area contributed by atoms with Crippen molar-refractivity contribution in [3.63, 3.8) is 0 Å². The Morgan fingerprint density at radius 2 is 2.21 bits per heavy atom. The Kier molecular flexibility index (Phi) is 4.07. The highest BCUT2D eigenvalue weighted by Crippen LogP contribution is 2.56. The number of phenols is 1. The van der Waals surface area contributed by atoms with Gasteiger partial charge < -0.3 is 25.0 Å². The van der Waals surface area contributed by atoms with E-state index >= 15 is 0 Å². The van der Waals surface area contributed by atoms with Gasteiger partial charge >= 0.3 is 0 Å². The van der Waals surface area contributed by atoms with Crippen LogP contribution in [0.25, 0.3) is 0 Å². The van der Waals surface area contributed by atoms with Gasteiger partial charge in [-0.15, -0.1) is 0 Å². The molecule has 1 heterocycles. The lowest BCUT2D eigenvalue weighted by Crippen LogP contribution is -2.65. The zero-order valence-corrected chi connectivity index (χ0v) is 14.2. The number of aromatic hydroxyl groups is 1. The molecular weight excluding hydrogens is 306 g/mol. The van der Waals surface area contributed by atoms with Crippen molar-refractivity contribution < 1.29 is 20.1 Å². The lowest BCUT2D eigenvalue weighted by atomic mass is 9.51. The molecule has 132 valence electrons. The van der Waals surface area contributed by atoms with E-state index in [4.69, 9.17) is 9.84 Å². The summed E-state index contributed by atoms with van der Waals surface area (Å²) in [5, 5.41) is 30.1. The first-order valence-electron chi connectivity index (χ1n) is 8.98. The number of nitrogens with zero attached hydrogens (tertiary/aromatic N) is 1. The second-order valence-corrected chi connectivity index (χ2v) is 7.75. The highest BCUT2D eigenvalue weighted by atomic mass is 16.5. The molecule has 1 aromatic rings. The van der Waals surface area contributed by atoms with Gasteiger partial charge in [0, 0.05) is 17.4 Å². The quantitative estimate of drug-likeness (QED) is 0.771. The van der Waals surface area contributed by atoms with Crippen LogP contribution in [0, 0.1) is 5.92 Å². The maximum atomic E-state index is 11.0. The number of ether oxygens (including phenoxy) is 1. The zero-order chi connectivity index (χ0) is 16.9. The van der Waals surface area contributed by atoms with Gasteiger partial charge in [-0.25, -0.2) is 0 Å². The molecule has 5 heteroatoms. The molecule has 0 aromatic heterocycles. The number of benzene rings is 1. The third-order valence-electron chi connectivity index (χ3n) is 6.54. The molecule has 2 aliphatic carbocycles. The summed E-state index contributed by atoms with van der Waals surface area (Å²) >= 11 is 0. The summed E-state index contributed by atoms with van der Waals surface area (Å²) in [4.78, 5) is 2.39. The van der Waals surface area contributed by atoms with E-state index in [1.807, 2.05) is 12.1 Å². The molecule has 1 saturated heterocycles. The van der Waals surface area contributed by atoms with Crippen LogP contribution in [-0.4, -0.2) is 65.3 Å². The van der Waals surface area contributed by atoms with Crippen molar-refractivity contribution in [2.45, 2.75) is 49.3 Å². The van der Waals surface area contributed by atoms with Crippen LogP contribution >= 0.6 is 0 Å². The van der Waals surface area contributed by atoms with Crippen LogP contribution in [-0.2, 0) is 16.6 Å². The molecule has 5 nitrogen and oxygen atoms in total. The van der Waals surface area contributed by atoms with E-state index in [0.29, 0.717) is 24.8 Å². The molecule has 1 aromatic carbocycles. The fraction of sp³-hybridized carbons (Fsp3) is 0.684. The zero-order valence-electron chi connectivity index (χ0n) is 14.2. The summed E-state index contributed by atoms with van der Waals surface area (Å²) in [5.41, 5.74) is 2.35. The van der Waals surface area contributed by atoms with Crippen LogP contribution in [0.3, 0.4) is 0 Å². The lowest BCUT2D eigenvalue weighted by Gasteiger charge is -2.60. The van der Waals surface area contributed by atoms with E-state index < -0.39 is 6.10 Å². The minimum Gasteiger partial charge on any atom is -0.508 e. The molecule has 2 unspecified atom stereocenters. The number of rotatable bonds is 3. The molecule has 0 radical (unpaired) electrons. The fourth-order valence-corrected chi connectivity index (χ4v) is 5.60. The number of fused-ring (bicyclic) bond motifs is 1. The maximum absolute atomic E-state index is 11.0. The standard InChI is InChI=1S/C19H27NO4/c1-20-5-4-19-11-14(24-7-6-21)10-17(23)18(19)16(20)8-12-2-3-13(22)9-15(12)19/h2-3,9,14,16-18,21-23H,4-8,10-11H2,1H3/t14-,16-,17?,18?,19-/m1/s1. The normalized spacial score (nSPS) is 38.5. The third-order valence-corrected chi connectivity index (χ3v) is 6.54. The van der Waals surface area contributed by atoms with Crippen molar-refractivity contribution >= 4 is 0 Å². The monoisotopic (exact) mass is 333 g/mol. The van der Waals surface area contributed by atoms with Gasteiger partial charge in [0.05, 0.1) is 25.4 Å². The highest BCUT2D eigenvalue weighted by Gasteiger charge is 2.58. The molecule has 1 saturated carbocycles. The minimum atomic E-state index is -0.411. The van der Waals surface area contributed by atoms with E-state index in [9.17, 15) is 10.2 Å². The third kappa shape index (κ3) is 2.37. The van der Waals surface area contributed by atoms with Gasteiger partial charge in [0.15, 0.2) is 0 Å². The summed E-state index contributed by atoms with van der Waals surface area (Å²) in [5.74, 6) is 0.478. The highest BCUT2D eigenvalue weighted by molar-refractivity contribution is 5.45. The van der Waals surface area contributed by atoms with E-state index in [-0.39, 0.29) is 24.0 Å². The van der Waals surface area contributed by atoms with Crippen molar-refractivity contribution in [1.82, 2.24) is 4.90 Å². The first kappa shape index (κ1) is 16.3. The van der Waals surface area contributed by atoms with Crippen LogP contribution in [0.2, 0.25) is 0 Å². The van der Waals surface area contributed by atoms with Gasteiger partial charge in [-0.3, -0.25) is 0 Å². The van der Waals surface area contributed by atoms with Gasteiger partial charge in [-0.05, 0) is 62.5 Å². The Balaban J connectivity index is 1.79. The predicted octanol–water partition coefficient (Wildman–Crippen LogP) is 1.04. The lowest BCUT2D eigenvalue weighted by molar-refractivity contribution is -0.127. The number of phenolic OH excluding ortho intramolecular Hbond substituents is 1. The van der Waals surface area contributed by atoms with E-state index in [1.54, 1.807) is 6.07 Å². The molecule has 3 N–H and O–H groups in total. The van der Waals surface area contributed by atoms with Crippen LogP contribution < -0.4 is 0 Å². The summed E-state index contributed by atoms with van der Waals surface area (Å²) in [6.07, 6.45) is 2.93. The van der Waals surface area contributed by atoms with Crippen molar-refractivity contribution in [3.05, 3.63) is 29.3 Å². The number of aliphatic hydroxyl groups is 2. The minimum absolute atomic E-state index is 0.00572. The summed E-state index contributed by atoms with van der Waals surface area (Å²) in [6, 6.07) is 6.05. The molecule has 4 rings (SSSR count). The molecular formula is C19H27NO4. The molecule has 0 spiro atoms. The topological polar surface area (TPSA) is 73.2 Å².